The fourth-order valence-corrected chi connectivity index (χ4v) is 9.18. The molecule has 1 rings (SSSR count). The van der Waals surface area contributed by atoms with E-state index in [2.05, 4.69) is 6.58 Å². The van der Waals surface area contributed by atoms with Gasteiger partial charge in [-0.1, -0.05) is 6.42 Å². The first-order valence-electron chi connectivity index (χ1n) is 5.67. The Morgan fingerprint density at radius 1 is 1.38 bits per heavy atom. The molecule has 0 aromatic rings. The van der Waals surface area contributed by atoms with Gasteiger partial charge in [-0.05, 0) is 24.2 Å². The molecule has 1 nitrogen and oxygen atoms in total. The van der Waals surface area contributed by atoms with Crippen LogP contribution in [-0.2, 0) is 4.43 Å². The molecule has 1 aliphatic heterocycles. The molecule has 1 aliphatic rings. The Morgan fingerprint density at radius 2 is 2.12 bits per heavy atom. The molecular weight excluding hydrogens is 249 g/mol. The van der Waals surface area contributed by atoms with Gasteiger partial charge in [-0.3, -0.25) is 0 Å². The van der Waals surface area contributed by atoms with Crippen molar-refractivity contribution in [2.24, 2.45) is 0 Å². The van der Waals surface area contributed by atoms with Gasteiger partial charge in [-0.15, -0.1) is 12.3 Å². The van der Waals surface area contributed by atoms with E-state index in [4.69, 9.17) is 4.43 Å². The number of alkyl halides is 3. The Bertz CT molecular complexity index is 215. The first-order chi connectivity index (χ1) is 7.51. The highest BCUT2D eigenvalue weighted by molar-refractivity contribution is 6.77. The third-order valence-electron chi connectivity index (χ3n) is 2.78. The van der Waals surface area contributed by atoms with Crippen molar-refractivity contribution in [1.82, 2.24) is 0 Å². The lowest BCUT2D eigenvalue weighted by molar-refractivity contribution is -0.130. The third kappa shape index (κ3) is 5.86. The van der Waals surface area contributed by atoms with Crippen molar-refractivity contribution in [3.05, 3.63) is 12.3 Å². The third-order valence-corrected chi connectivity index (χ3v) is 9.93. The van der Waals surface area contributed by atoms with E-state index in [1.54, 1.807) is 5.70 Å². The van der Waals surface area contributed by atoms with Gasteiger partial charge >= 0.3 is 6.18 Å². The summed E-state index contributed by atoms with van der Waals surface area (Å²) in [5.74, 6) is 0. The summed E-state index contributed by atoms with van der Waals surface area (Å²) < 4.78 is 42.0. The molecule has 1 heterocycles. The highest BCUT2D eigenvalue weighted by atomic mass is 28.3. The molecule has 0 N–H and O–H groups in total. The maximum absolute atomic E-state index is 12.1. The van der Waals surface area contributed by atoms with Crippen LogP contribution in [0.2, 0.25) is 17.8 Å². The van der Waals surface area contributed by atoms with Crippen LogP contribution in [0.4, 0.5) is 13.2 Å². The Labute approximate surface area is 98.0 Å². The summed E-state index contributed by atoms with van der Waals surface area (Å²) in [6.07, 6.45) is -2.37. The zero-order valence-electron chi connectivity index (χ0n) is 9.35. The standard InChI is InChI=1S/C10H18F3OSi2/c1-2-15(8-5-10(11,12)13)9-16-7-4-3-6-14-16/h2,16H,1,3-9H2. The lowest BCUT2D eigenvalue weighted by Crippen LogP contribution is -2.29. The van der Waals surface area contributed by atoms with Crippen LogP contribution < -0.4 is 0 Å². The molecule has 0 aliphatic carbocycles. The maximum atomic E-state index is 12.1. The maximum Gasteiger partial charge on any atom is 0.388 e. The SMILES string of the molecule is C=C[Si](CCC(F)(F)F)C[SiH]1CCCCO1. The smallest absolute Gasteiger partial charge is 0.388 e. The number of halogens is 3. The van der Waals surface area contributed by atoms with Gasteiger partial charge in [0, 0.05) is 13.0 Å². The molecule has 93 valence electrons. The summed E-state index contributed by atoms with van der Waals surface area (Å²) in [6.45, 7) is 4.49. The van der Waals surface area contributed by atoms with E-state index >= 15 is 0 Å². The fraction of sp³-hybridized carbons (Fsp3) is 0.800. The van der Waals surface area contributed by atoms with E-state index in [9.17, 15) is 13.2 Å². The summed E-state index contributed by atoms with van der Waals surface area (Å²) in [5, 5.41) is 0. The molecule has 0 aromatic carbocycles. The van der Waals surface area contributed by atoms with Crippen molar-refractivity contribution in [2.75, 3.05) is 6.61 Å². The molecule has 6 heteroatoms. The molecule has 0 amide bonds. The van der Waals surface area contributed by atoms with Crippen molar-refractivity contribution >= 4 is 17.8 Å². The molecule has 0 aromatic heterocycles. The van der Waals surface area contributed by atoms with Gasteiger partial charge in [0.2, 0.25) is 0 Å². The van der Waals surface area contributed by atoms with Crippen LogP contribution in [-0.4, -0.2) is 30.6 Å². The topological polar surface area (TPSA) is 9.23 Å². The fourth-order valence-electron chi connectivity index (χ4n) is 1.85. The van der Waals surface area contributed by atoms with Crippen LogP contribution in [0.1, 0.15) is 19.3 Å². The monoisotopic (exact) mass is 267 g/mol. The minimum atomic E-state index is -4.02. The van der Waals surface area contributed by atoms with Crippen molar-refractivity contribution in [3.63, 3.8) is 0 Å². The van der Waals surface area contributed by atoms with Crippen molar-refractivity contribution in [1.29, 1.82) is 0 Å². The molecule has 0 bridgehead atoms. The van der Waals surface area contributed by atoms with Gasteiger partial charge in [-0.25, -0.2) is 0 Å². The zero-order valence-corrected chi connectivity index (χ0v) is 11.5. The van der Waals surface area contributed by atoms with E-state index in [1.807, 2.05) is 0 Å². The van der Waals surface area contributed by atoms with Crippen LogP contribution in [0.25, 0.3) is 0 Å². The predicted molar refractivity (Wildman–Crippen MR) is 63.4 cm³/mol. The summed E-state index contributed by atoms with van der Waals surface area (Å²) >= 11 is 0. The van der Waals surface area contributed by atoms with Gasteiger partial charge in [0.05, 0.1) is 8.80 Å². The second-order valence-corrected chi connectivity index (χ2v) is 10.2. The number of hydrogen-bond acceptors (Lipinski definition) is 1. The predicted octanol–water partition coefficient (Wildman–Crippen LogP) is 3.23. The highest BCUT2D eigenvalue weighted by Gasteiger charge is 2.29. The average molecular weight is 267 g/mol. The van der Waals surface area contributed by atoms with Crippen LogP contribution in [0.5, 0.6) is 0 Å². The Hall–Kier alpha value is -0.0762. The van der Waals surface area contributed by atoms with Crippen molar-refractivity contribution in [3.8, 4) is 0 Å². The lowest BCUT2D eigenvalue weighted by atomic mass is 10.4. The van der Waals surface area contributed by atoms with Gasteiger partial charge in [0.15, 0.2) is 9.04 Å². The second-order valence-electron chi connectivity index (χ2n) is 4.17. The van der Waals surface area contributed by atoms with Crippen LogP contribution in [0.15, 0.2) is 12.3 Å². The summed E-state index contributed by atoms with van der Waals surface area (Å²) in [6, 6.07) is 1.40. The largest absolute Gasteiger partial charge is 0.420 e. The van der Waals surface area contributed by atoms with Gasteiger partial charge in [0.1, 0.15) is 0 Å². The van der Waals surface area contributed by atoms with E-state index in [0.29, 0.717) is 0 Å². The van der Waals surface area contributed by atoms with E-state index in [-0.39, 0.29) is 6.04 Å². The minimum absolute atomic E-state index is 0.268. The molecule has 0 saturated carbocycles. The summed E-state index contributed by atoms with van der Waals surface area (Å²) in [5.41, 5.74) is 2.69. The molecule has 0 spiro atoms. The summed E-state index contributed by atoms with van der Waals surface area (Å²) in [7, 11) is -2.22. The first kappa shape index (κ1) is 14.0. The number of hydrogen-bond donors (Lipinski definition) is 0. The van der Waals surface area contributed by atoms with Crippen LogP contribution >= 0.6 is 0 Å². The molecule has 1 unspecified atom stereocenters. The molecule has 1 atom stereocenters. The summed E-state index contributed by atoms with van der Waals surface area (Å²) in [4.78, 5) is 0. The Balaban J connectivity index is 2.27. The molecular formula is C10H18F3OSi2. The van der Waals surface area contributed by atoms with Crippen molar-refractivity contribution < 1.29 is 17.6 Å². The van der Waals surface area contributed by atoms with Gasteiger partial charge < -0.3 is 4.43 Å². The normalized spacial score (nSPS) is 22.4. The second kappa shape index (κ2) is 6.61. The zero-order chi connectivity index (χ0) is 12.0. The Kier molecular flexibility index (Phi) is 5.78. The van der Waals surface area contributed by atoms with Crippen LogP contribution in [0, 0.1) is 0 Å². The van der Waals surface area contributed by atoms with Crippen LogP contribution in [0.3, 0.4) is 0 Å². The molecule has 16 heavy (non-hydrogen) atoms. The first-order valence-corrected chi connectivity index (χ1v) is 9.76. The van der Waals surface area contributed by atoms with E-state index < -0.39 is 30.4 Å². The van der Waals surface area contributed by atoms with Gasteiger partial charge in [-0.2, -0.15) is 13.2 Å². The van der Waals surface area contributed by atoms with E-state index in [0.717, 1.165) is 24.7 Å². The molecule has 1 fully saturated rings. The van der Waals surface area contributed by atoms with Gasteiger partial charge in [0.25, 0.3) is 0 Å². The molecule has 1 radical (unpaired) electrons. The Morgan fingerprint density at radius 3 is 2.62 bits per heavy atom. The average Bonchev–Trinajstić information content (AvgIpc) is 2.24. The molecule has 1 saturated heterocycles. The minimum Gasteiger partial charge on any atom is -0.420 e. The number of rotatable bonds is 5. The highest BCUT2D eigenvalue weighted by Crippen LogP contribution is 2.25. The quantitative estimate of drug-likeness (QED) is 0.695. The van der Waals surface area contributed by atoms with E-state index in [1.165, 1.54) is 6.42 Å². The van der Waals surface area contributed by atoms with Crippen molar-refractivity contribution in [2.45, 2.75) is 43.2 Å². The lowest BCUT2D eigenvalue weighted by Gasteiger charge is -2.23.